The van der Waals surface area contributed by atoms with E-state index in [0.29, 0.717) is 11.7 Å². The van der Waals surface area contributed by atoms with Gasteiger partial charge in [0.15, 0.2) is 5.78 Å². The molecular formula is C18H25NO2. The smallest absolute Gasteiger partial charge is 0.156 e. The number of nitrogens with zero attached hydrogens (tertiary/aromatic N) is 1. The summed E-state index contributed by atoms with van der Waals surface area (Å²) in [6.07, 6.45) is 1.90. The van der Waals surface area contributed by atoms with Gasteiger partial charge in [0, 0.05) is 19.0 Å². The summed E-state index contributed by atoms with van der Waals surface area (Å²) in [6, 6.07) is 10.5. The van der Waals surface area contributed by atoms with Crippen molar-refractivity contribution in [2.45, 2.75) is 38.1 Å². The van der Waals surface area contributed by atoms with Crippen molar-refractivity contribution in [2.24, 2.45) is 5.92 Å². The van der Waals surface area contributed by atoms with Crippen LogP contribution in [0.1, 0.15) is 38.2 Å². The first-order chi connectivity index (χ1) is 10.2. The lowest BCUT2D eigenvalue weighted by molar-refractivity contribution is -0.135. The molecule has 1 saturated carbocycles. The van der Waals surface area contributed by atoms with Crippen molar-refractivity contribution in [3.8, 4) is 0 Å². The summed E-state index contributed by atoms with van der Waals surface area (Å²) in [5.41, 5.74) is 0.995. The van der Waals surface area contributed by atoms with Gasteiger partial charge in [-0.15, -0.1) is 0 Å². The van der Waals surface area contributed by atoms with Gasteiger partial charge in [0.05, 0.1) is 18.8 Å². The number of ether oxygens (including phenoxy) is 1. The molecule has 3 rings (SSSR count). The van der Waals surface area contributed by atoms with E-state index < -0.39 is 0 Å². The SMILES string of the molecule is CCC(C)(C(=O)C1CC1c1ccccc1)N1CCOCC1. The highest BCUT2D eigenvalue weighted by atomic mass is 16.5. The molecule has 3 unspecified atom stereocenters. The average molecular weight is 287 g/mol. The van der Waals surface area contributed by atoms with Crippen LogP contribution in [0.25, 0.3) is 0 Å². The predicted molar refractivity (Wildman–Crippen MR) is 83.4 cm³/mol. The molecule has 0 radical (unpaired) electrons. The first-order valence-electron chi connectivity index (χ1n) is 8.09. The zero-order chi connectivity index (χ0) is 14.9. The molecule has 3 atom stereocenters. The maximum absolute atomic E-state index is 13.1. The van der Waals surface area contributed by atoms with Gasteiger partial charge >= 0.3 is 0 Å². The normalized spacial score (nSPS) is 28.9. The van der Waals surface area contributed by atoms with Crippen molar-refractivity contribution in [3.63, 3.8) is 0 Å². The van der Waals surface area contributed by atoms with Gasteiger partial charge in [0.2, 0.25) is 0 Å². The first kappa shape index (κ1) is 14.7. The summed E-state index contributed by atoms with van der Waals surface area (Å²) in [6.45, 7) is 7.50. The van der Waals surface area contributed by atoms with Crippen LogP contribution < -0.4 is 0 Å². The van der Waals surface area contributed by atoms with Crippen molar-refractivity contribution in [2.75, 3.05) is 26.3 Å². The monoisotopic (exact) mass is 287 g/mol. The minimum atomic E-state index is -0.321. The van der Waals surface area contributed by atoms with Crippen LogP contribution in [-0.4, -0.2) is 42.5 Å². The second kappa shape index (κ2) is 5.90. The van der Waals surface area contributed by atoms with Gasteiger partial charge in [0.1, 0.15) is 0 Å². The van der Waals surface area contributed by atoms with Gasteiger partial charge in [-0.1, -0.05) is 37.3 Å². The summed E-state index contributed by atoms with van der Waals surface area (Å²) in [5.74, 6) is 1.08. The Bertz CT molecular complexity index is 495. The lowest BCUT2D eigenvalue weighted by Crippen LogP contribution is -2.56. The summed E-state index contributed by atoms with van der Waals surface area (Å²) in [4.78, 5) is 15.4. The van der Waals surface area contributed by atoms with Gasteiger partial charge in [-0.25, -0.2) is 0 Å². The Kier molecular flexibility index (Phi) is 4.14. The molecule has 0 bridgehead atoms. The third-order valence-corrected chi connectivity index (χ3v) is 5.28. The number of Topliss-reactive ketones (excluding diaryl/α,β-unsaturated/α-hetero) is 1. The number of ketones is 1. The number of benzene rings is 1. The van der Waals surface area contributed by atoms with Crippen LogP contribution in [0.3, 0.4) is 0 Å². The fourth-order valence-electron chi connectivity index (χ4n) is 3.56. The van der Waals surface area contributed by atoms with Crippen LogP contribution in [0.4, 0.5) is 0 Å². The molecule has 1 aromatic carbocycles. The summed E-state index contributed by atoms with van der Waals surface area (Å²) in [7, 11) is 0. The van der Waals surface area contributed by atoms with Crippen molar-refractivity contribution in [1.29, 1.82) is 0 Å². The van der Waals surface area contributed by atoms with Gasteiger partial charge in [-0.2, -0.15) is 0 Å². The molecular weight excluding hydrogens is 262 g/mol. The molecule has 1 aromatic rings. The van der Waals surface area contributed by atoms with E-state index in [1.807, 2.05) is 6.07 Å². The quantitative estimate of drug-likeness (QED) is 0.834. The fraction of sp³-hybridized carbons (Fsp3) is 0.611. The van der Waals surface area contributed by atoms with E-state index in [2.05, 4.69) is 43.0 Å². The summed E-state index contributed by atoms with van der Waals surface area (Å²) < 4.78 is 5.43. The summed E-state index contributed by atoms with van der Waals surface area (Å²) >= 11 is 0. The standard InChI is InChI=1S/C18H25NO2/c1-3-18(2,19-9-11-21-12-10-19)17(20)16-13-15(16)14-7-5-4-6-8-14/h4-8,15-16H,3,9-13H2,1-2H3. The minimum Gasteiger partial charge on any atom is -0.379 e. The van der Waals surface area contributed by atoms with Crippen LogP contribution in [0.5, 0.6) is 0 Å². The van der Waals surface area contributed by atoms with E-state index in [0.717, 1.165) is 39.1 Å². The molecule has 0 N–H and O–H groups in total. The highest BCUT2D eigenvalue weighted by Gasteiger charge is 2.51. The summed E-state index contributed by atoms with van der Waals surface area (Å²) in [5, 5.41) is 0. The Morgan fingerprint density at radius 3 is 2.57 bits per heavy atom. The third-order valence-electron chi connectivity index (χ3n) is 5.28. The Labute approximate surface area is 127 Å². The van der Waals surface area contributed by atoms with Crippen LogP contribution in [0.15, 0.2) is 30.3 Å². The lowest BCUT2D eigenvalue weighted by Gasteiger charge is -2.42. The molecule has 3 nitrogen and oxygen atoms in total. The Morgan fingerprint density at radius 2 is 1.95 bits per heavy atom. The number of rotatable bonds is 5. The fourth-order valence-corrected chi connectivity index (χ4v) is 3.56. The zero-order valence-electron chi connectivity index (χ0n) is 13.0. The lowest BCUT2D eigenvalue weighted by atomic mass is 9.86. The molecule has 1 aliphatic heterocycles. The maximum atomic E-state index is 13.1. The van der Waals surface area contributed by atoms with E-state index in [1.54, 1.807) is 0 Å². The van der Waals surface area contributed by atoms with Crippen LogP contribution in [0, 0.1) is 5.92 Å². The van der Waals surface area contributed by atoms with E-state index in [4.69, 9.17) is 4.74 Å². The first-order valence-corrected chi connectivity index (χ1v) is 8.09. The van der Waals surface area contributed by atoms with Gasteiger partial charge in [-0.3, -0.25) is 9.69 Å². The molecule has 0 amide bonds. The molecule has 0 spiro atoms. The second-order valence-electron chi connectivity index (χ2n) is 6.45. The Balaban J connectivity index is 1.72. The molecule has 0 aromatic heterocycles. The van der Waals surface area contributed by atoms with E-state index in [-0.39, 0.29) is 11.5 Å². The Morgan fingerprint density at radius 1 is 1.29 bits per heavy atom. The highest BCUT2D eigenvalue weighted by Crippen LogP contribution is 2.50. The van der Waals surface area contributed by atoms with Gasteiger partial charge in [0.25, 0.3) is 0 Å². The third kappa shape index (κ3) is 2.77. The van der Waals surface area contributed by atoms with Gasteiger partial charge in [-0.05, 0) is 31.2 Å². The minimum absolute atomic E-state index is 0.209. The van der Waals surface area contributed by atoms with Crippen molar-refractivity contribution in [1.82, 2.24) is 4.90 Å². The largest absolute Gasteiger partial charge is 0.379 e. The van der Waals surface area contributed by atoms with Crippen LogP contribution in [-0.2, 0) is 9.53 Å². The molecule has 1 saturated heterocycles. The van der Waals surface area contributed by atoms with Crippen molar-refractivity contribution < 1.29 is 9.53 Å². The number of hydrogen-bond acceptors (Lipinski definition) is 3. The van der Waals surface area contributed by atoms with E-state index in [9.17, 15) is 4.79 Å². The van der Waals surface area contributed by atoms with Crippen molar-refractivity contribution >= 4 is 5.78 Å². The average Bonchev–Trinajstić information content (AvgIpc) is 3.35. The molecule has 2 aliphatic rings. The number of hydrogen-bond donors (Lipinski definition) is 0. The molecule has 114 valence electrons. The highest BCUT2D eigenvalue weighted by molar-refractivity contribution is 5.93. The van der Waals surface area contributed by atoms with Gasteiger partial charge < -0.3 is 4.74 Å². The number of carbonyl (C=O) groups is 1. The van der Waals surface area contributed by atoms with Crippen molar-refractivity contribution in [3.05, 3.63) is 35.9 Å². The van der Waals surface area contributed by atoms with E-state index in [1.165, 1.54) is 5.56 Å². The molecule has 3 heteroatoms. The molecule has 1 heterocycles. The van der Waals surface area contributed by atoms with E-state index >= 15 is 0 Å². The number of morpholine rings is 1. The topological polar surface area (TPSA) is 29.5 Å². The zero-order valence-corrected chi connectivity index (χ0v) is 13.0. The molecule has 21 heavy (non-hydrogen) atoms. The molecule has 1 aliphatic carbocycles. The Hall–Kier alpha value is -1.19. The number of carbonyl (C=O) groups excluding carboxylic acids is 1. The predicted octanol–water partition coefficient (Wildman–Crippen LogP) is 2.86. The second-order valence-corrected chi connectivity index (χ2v) is 6.45. The maximum Gasteiger partial charge on any atom is 0.156 e. The van der Waals surface area contributed by atoms with Crippen LogP contribution >= 0.6 is 0 Å². The van der Waals surface area contributed by atoms with Crippen LogP contribution in [0.2, 0.25) is 0 Å². The molecule has 2 fully saturated rings.